The second-order valence-corrected chi connectivity index (χ2v) is 8.30. The van der Waals surface area contributed by atoms with Crippen LogP contribution in [0.15, 0.2) is 78.9 Å². The fourth-order valence-corrected chi connectivity index (χ4v) is 3.47. The van der Waals surface area contributed by atoms with Gasteiger partial charge in [0.15, 0.2) is 0 Å². The fraction of sp³-hybridized carbons (Fsp3) is 0.200. The third kappa shape index (κ3) is 6.01. The van der Waals surface area contributed by atoms with Crippen LogP contribution in [0.2, 0.25) is 0 Å². The van der Waals surface area contributed by atoms with Crippen molar-refractivity contribution in [1.29, 1.82) is 0 Å². The number of allylic oxidation sites excluding steroid dienone is 4. The molecule has 0 aliphatic heterocycles. The molecule has 0 spiro atoms. The molecule has 0 heterocycles. The van der Waals surface area contributed by atoms with E-state index in [1.165, 1.54) is 27.8 Å². The lowest BCUT2D eigenvalue weighted by atomic mass is 9.97. The average Bonchev–Trinajstić information content (AvgIpc) is 2.79. The Hall–Kier alpha value is -3.52. The molecule has 0 aliphatic carbocycles. The molecule has 0 saturated carbocycles. The minimum Gasteiger partial charge on any atom is -0.507 e. The zero-order valence-corrected chi connectivity index (χ0v) is 19.7. The van der Waals surface area contributed by atoms with E-state index in [0.29, 0.717) is 0 Å². The summed E-state index contributed by atoms with van der Waals surface area (Å²) in [6.07, 6.45) is 9.09. The molecular formula is C30H33NO. The lowest BCUT2D eigenvalue weighted by Gasteiger charge is -2.09. The van der Waals surface area contributed by atoms with Crippen LogP contribution in [0.3, 0.4) is 0 Å². The fourth-order valence-electron chi connectivity index (χ4n) is 3.47. The van der Waals surface area contributed by atoms with Crippen molar-refractivity contribution in [2.24, 2.45) is 0 Å². The van der Waals surface area contributed by atoms with Gasteiger partial charge in [0, 0.05) is 18.3 Å². The van der Waals surface area contributed by atoms with Gasteiger partial charge in [0.25, 0.3) is 0 Å². The van der Waals surface area contributed by atoms with Crippen molar-refractivity contribution in [1.82, 2.24) is 0 Å². The number of anilines is 1. The summed E-state index contributed by atoms with van der Waals surface area (Å²) < 4.78 is 0. The third-order valence-electron chi connectivity index (χ3n) is 5.92. The highest BCUT2D eigenvalue weighted by Gasteiger charge is 2.06. The Morgan fingerprint density at radius 2 is 1.38 bits per heavy atom. The normalized spacial score (nSPS) is 12.4. The van der Waals surface area contributed by atoms with Gasteiger partial charge in [-0.1, -0.05) is 60.7 Å². The summed E-state index contributed by atoms with van der Waals surface area (Å²) in [6.45, 7) is 8.39. The van der Waals surface area contributed by atoms with Gasteiger partial charge >= 0.3 is 0 Å². The first kappa shape index (κ1) is 23.1. The smallest absolute Gasteiger partial charge is 0.123 e. The number of nitrogens with one attached hydrogen (secondary N) is 1. The Labute approximate surface area is 192 Å². The highest BCUT2D eigenvalue weighted by atomic mass is 16.3. The second-order valence-electron chi connectivity index (χ2n) is 8.30. The zero-order valence-electron chi connectivity index (χ0n) is 19.7. The van der Waals surface area contributed by atoms with Crippen LogP contribution in [0.5, 0.6) is 0 Å². The molecule has 2 nitrogen and oxygen atoms in total. The monoisotopic (exact) mass is 423 g/mol. The van der Waals surface area contributed by atoms with Gasteiger partial charge < -0.3 is 10.4 Å². The van der Waals surface area contributed by atoms with Crippen LogP contribution in [0.1, 0.15) is 45.4 Å². The summed E-state index contributed by atoms with van der Waals surface area (Å²) in [4.78, 5) is 0. The van der Waals surface area contributed by atoms with Crippen molar-refractivity contribution in [2.45, 2.75) is 34.1 Å². The number of aryl methyl sites for hydroxylation is 4. The topological polar surface area (TPSA) is 32.3 Å². The number of benzene rings is 3. The van der Waals surface area contributed by atoms with Gasteiger partial charge in [0.2, 0.25) is 0 Å². The predicted octanol–water partition coefficient (Wildman–Crippen LogP) is 8.05. The van der Waals surface area contributed by atoms with Crippen LogP contribution >= 0.6 is 0 Å². The Morgan fingerprint density at radius 1 is 0.781 bits per heavy atom. The van der Waals surface area contributed by atoms with Crippen LogP contribution in [0, 0.1) is 27.7 Å². The molecule has 3 aromatic carbocycles. The van der Waals surface area contributed by atoms with Gasteiger partial charge in [0.05, 0.1) is 0 Å². The Bertz CT molecular complexity index is 1160. The number of rotatable bonds is 7. The predicted molar refractivity (Wildman–Crippen MR) is 140 cm³/mol. The molecule has 164 valence electrons. The van der Waals surface area contributed by atoms with Gasteiger partial charge in [-0.05, 0) is 97.3 Å². The van der Waals surface area contributed by atoms with Gasteiger partial charge in [-0.2, -0.15) is 0 Å². The lowest BCUT2D eigenvalue weighted by molar-refractivity contribution is 0.512. The third-order valence-corrected chi connectivity index (χ3v) is 5.92. The van der Waals surface area contributed by atoms with Crippen molar-refractivity contribution in [3.8, 4) is 0 Å². The van der Waals surface area contributed by atoms with E-state index < -0.39 is 0 Å². The number of hydrogen-bond donors (Lipinski definition) is 2. The summed E-state index contributed by atoms with van der Waals surface area (Å²) >= 11 is 0. The van der Waals surface area contributed by atoms with E-state index in [-0.39, 0.29) is 5.76 Å². The molecule has 0 aromatic heterocycles. The Kier molecular flexibility index (Phi) is 7.72. The highest BCUT2D eigenvalue weighted by molar-refractivity contribution is 5.82. The van der Waals surface area contributed by atoms with E-state index in [4.69, 9.17) is 0 Å². The SMILES string of the molecule is CNc1ccc(/C=C/C/C=C(\C=C(/O)c2ccc(C)c(C)c2)c2ccc(C)c(C)c2)cc1. The van der Waals surface area contributed by atoms with E-state index in [1.807, 2.05) is 25.3 Å². The molecular weight excluding hydrogens is 390 g/mol. The maximum Gasteiger partial charge on any atom is 0.123 e. The van der Waals surface area contributed by atoms with Crippen molar-refractivity contribution in [3.63, 3.8) is 0 Å². The Balaban J connectivity index is 1.89. The molecule has 0 aliphatic rings. The summed E-state index contributed by atoms with van der Waals surface area (Å²) in [5.41, 5.74) is 10.1. The van der Waals surface area contributed by atoms with E-state index >= 15 is 0 Å². The van der Waals surface area contributed by atoms with Crippen LogP contribution < -0.4 is 5.32 Å². The van der Waals surface area contributed by atoms with Gasteiger partial charge in [-0.25, -0.2) is 0 Å². The summed E-state index contributed by atoms with van der Waals surface area (Å²) in [5, 5.41) is 14.0. The first-order valence-electron chi connectivity index (χ1n) is 11.1. The van der Waals surface area contributed by atoms with E-state index in [0.717, 1.165) is 28.8 Å². The minimum absolute atomic E-state index is 0.282. The van der Waals surface area contributed by atoms with Gasteiger partial charge in [0.1, 0.15) is 5.76 Å². The molecule has 0 fully saturated rings. The maximum absolute atomic E-state index is 10.9. The van der Waals surface area contributed by atoms with Gasteiger partial charge in [-0.15, -0.1) is 0 Å². The average molecular weight is 424 g/mol. The molecule has 0 atom stereocenters. The number of hydrogen-bond acceptors (Lipinski definition) is 2. The van der Waals surface area contributed by atoms with E-state index in [2.05, 4.69) is 99.8 Å². The molecule has 0 bridgehead atoms. The molecule has 0 amide bonds. The highest BCUT2D eigenvalue weighted by Crippen LogP contribution is 2.25. The first-order chi connectivity index (χ1) is 15.4. The standard InChI is InChI=1S/C30H33NO/c1-21-10-14-27(18-23(21)3)26(20-30(32)28-15-11-22(2)24(4)19-28)9-7-6-8-25-12-16-29(31-5)17-13-25/h6,8-20,31-32H,7H2,1-5H3/b8-6+,26-9+,30-20-. The van der Waals surface area contributed by atoms with E-state index in [1.54, 1.807) is 0 Å². The summed E-state index contributed by atoms with van der Waals surface area (Å²) in [6, 6.07) is 20.8. The lowest BCUT2D eigenvalue weighted by Crippen LogP contribution is -1.91. The first-order valence-corrected chi connectivity index (χ1v) is 11.1. The molecule has 3 aromatic rings. The molecule has 3 rings (SSSR count). The summed E-state index contributed by atoms with van der Waals surface area (Å²) in [5.74, 6) is 0.282. The quantitative estimate of drug-likeness (QED) is 0.298. The maximum atomic E-state index is 10.9. The minimum atomic E-state index is 0.282. The van der Waals surface area contributed by atoms with Gasteiger partial charge in [-0.3, -0.25) is 0 Å². The van der Waals surface area contributed by atoms with Crippen molar-refractivity contribution >= 4 is 23.1 Å². The number of aliphatic hydroxyl groups excluding tert-OH is 1. The van der Waals surface area contributed by atoms with Crippen molar-refractivity contribution < 1.29 is 5.11 Å². The van der Waals surface area contributed by atoms with Crippen molar-refractivity contribution in [3.05, 3.63) is 118 Å². The van der Waals surface area contributed by atoms with Crippen LogP contribution in [0.25, 0.3) is 17.4 Å². The largest absolute Gasteiger partial charge is 0.507 e. The number of aliphatic hydroxyl groups is 1. The molecule has 2 heteroatoms. The molecule has 0 radical (unpaired) electrons. The van der Waals surface area contributed by atoms with E-state index in [9.17, 15) is 5.11 Å². The van der Waals surface area contributed by atoms with Crippen molar-refractivity contribution in [2.75, 3.05) is 12.4 Å². The zero-order chi connectivity index (χ0) is 23.1. The van der Waals surface area contributed by atoms with Crippen LogP contribution in [-0.4, -0.2) is 12.2 Å². The van der Waals surface area contributed by atoms with Crippen LogP contribution in [0.4, 0.5) is 5.69 Å². The Morgan fingerprint density at radius 3 is 1.97 bits per heavy atom. The molecule has 0 unspecified atom stereocenters. The molecule has 2 N–H and O–H groups in total. The molecule has 32 heavy (non-hydrogen) atoms. The van der Waals surface area contributed by atoms with Crippen LogP contribution in [-0.2, 0) is 0 Å². The summed E-state index contributed by atoms with van der Waals surface area (Å²) in [7, 11) is 1.92. The molecule has 0 saturated heterocycles. The second kappa shape index (κ2) is 10.7.